The van der Waals surface area contributed by atoms with E-state index in [1.165, 1.54) is 36.2 Å². The van der Waals surface area contributed by atoms with Gasteiger partial charge in [0.15, 0.2) is 5.13 Å². The number of nitrogens with zero attached hydrogens (tertiary/aromatic N) is 1. The number of carboxylic acids is 1. The SMILES string of the molecule is O=C(Nc1nccs1)c1cccc(C2CC2NCC2CC2)c1.O=C(O)C(F)(F)F. The lowest BCUT2D eigenvalue weighted by Crippen LogP contribution is -2.21. The molecule has 2 aliphatic carbocycles. The van der Waals surface area contributed by atoms with E-state index in [1.54, 1.807) is 6.20 Å². The van der Waals surface area contributed by atoms with Crippen LogP contribution >= 0.6 is 11.3 Å². The van der Waals surface area contributed by atoms with Crippen LogP contribution in [0, 0.1) is 5.92 Å². The molecule has 6 nitrogen and oxygen atoms in total. The van der Waals surface area contributed by atoms with Crippen LogP contribution in [0.1, 0.15) is 41.1 Å². The van der Waals surface area contributed by atoms with Gasteiger partial charge in [-0.05, 0) is 49.4 Å². The van der Waals surface area contributed by atoms with Gasteiger partial charge < -0.3 is 10.4 Å². The van der Waals surface area contributed by atoms with Crippen molar-refractivity contribution < 1.29 is 27.9 Å². The van der Waals surface area contributed by atoms with E-state index in [2.05, 4.69) is 21.7 Å². The molecule has 2 saturated carbocycles. The molecule has 29 heavy (non-hydrogen) atoms. The quantitative estimate of drug-likeness (QED) is 0.651. The Labute approximate surface area is 169 Å². The van der Waals surface area contributed by atoms with Gasteiger partial charge in [-0.1, -0.05) is 12.1 Å². The zero-order valence-electron chi connectivity index (χ0n) is 15.3. The molecule has 0 radical (unpaired) electrons. The first-order chi connectivity index (χ1) is 13.7. The van der Waals surface area contributed by atoms with Crippen LogP contribution in [0.15, 0.2) is 35.8 Å². The lowest BCUT2D eigenvalue weighted by molar-refractivity contribution is -0.192. The zero-order chi connectivity index (χ0) is 21.0. The van der Waals surface area contributed by atoms with Crippen molar-refractivity contribution in [3.8, 4) is 0 Å². The number of amides is 1. The average molecular weight is 427 g/mol. The second kappa shape index (κ2) is 8.91. The summed E-state index contributed by atoms with van der Waals surface area (Å²) in [5.41, 5.74) is 1.97. The van der Waals surface area contributed by atoms with E-state index in [1.807, 2.05) is 23.6 Å². The van der Waals surface area contributed by atoms with Gasteiger partial charge in [-0.3, -0.25) is 10.1 Å². The summed E-state index contributed by atoms with van der Waals surface area (Å²) in [6.07, 6.45) is 0.564. The fourth-order valence-corrected chi connectivity index (χ4v) is 3.32. The minimum absolute atomic E-state index is 0.0834. The smallest absolute Gasteiger partial charge is 0.475 e. The number of alkyl halides is 3. The van der Waals surface area contributed by atoms with Gasteiger partial charge in [0, 0.05) is 29.1 Å². The van der Waals surface area contributed by atoms with Crippen LogP contribution in [0.25, 0.3) is 0 Å². The standard InChI is InChI=1S/C17H19N3OS.C2HF3O2/c21-16(20-17-18-6-7-22-17)13-3-1-2-12(8-13)14-9-15(14)19-10-11-4-5-11;3-2(4,5)1(6)7/h1-3,6-8,11,14-15,19H,4-5,9-10H2,(H,18,20,21);(H,6,7). The third-order valence-corrected chi connectivity index (χ3v) is 5.32. The minimum atomic E-state index is -5.08. The number of halogens is 3. The van der Waals surface area contributed by atoms with Crippen LogP contribution in [0.5, 0.6) is 0 Å². The third kappa shape index (κ3) is 6.53. The van der Waals surface area contributed by atoms with Crippen molar-refractivity contribution in [1.82, 2.24) is 10.3 Å². The Kier molecular flexibility index (Phi) is 6.53. The largest absolute Gasteiger partial charge is 0.490 e. The summed E-state index contributed by atoms with van der Waals surface area (Å²) in [5, 5.41) is 16.1. The highest BCUT2D eigenvalue weighted by Gasteiger charge is 2.39. The van der Waals surface area contributed by atoms with Crippen molar-refractivity contribution in [2.24, 2.45) is 5.92 Å². The van der Waals surface area contributed by atoms with E-state index >= 15 is 0 Å². The maximum absolute atomic E-state index is 12.3. The average Bonchev–Trinajstić information content (AvgIpc) is 3.58. The highest BCUT2D eigenvalue weighted by atomic mass is 32.1. The molecule has 4 rings (SSSR count). The molecule has 10 heteroatoms. The number of nitrogens with one attached hydrogen (secondary N) is 2. The molecular weight excluding hydrogens is 407 g/mol. The number of aliphatic carboxylic acids is 1. The highest BCUT2D eigenvalue weighted by molar-refractivity contribution is 7.13. The number of carbonyl (C=O) groups excluding carboxylic acids is 1. The molecule has 0 bridgehead atoms. The molecule has 156 valence electrons. The predicted molar refractivity (Wildman–Crippen MR) is 102 cm³/mol. The number of rotatable bonds is 6. The van der Waals surface area contributed by atoms with E-state index in [-0.39, 0.29) is 5.91 Å². The Hall–Kier alpha value is -2.46. The van der Waals surface area contributed by atoms with Crippen LogP contribution < -0.4 is 10.6 Å². The molecule has 2 atom stereocenters. The molecule has 2 fully saturated rings. The monoisotopic (exact) mass is 427 g/mol. The van der Waals surface area contributed by atoms with Crippen LogP contribution in [0.2, 0.25) is 0 Å². The molecule has 2 unspecified atom stereocenters. The first kappa shape index (κ1) is 21.3. The molecule has 3 N–H and O–H groups in total. The number of anilines is 1. The molecule has 1 aromatic heterocycles. The van der Waals surface area contributed by atoms with E-state index in [0.29, 0.717) is 22.7 Å². The fourth-order valence-electron chi connectivity index (χ4n) is 2.79. The van der Waals surface area contributed by atoms with Crippen LogP contribution in [0.3, 0.4) is 0 Å². The molecular formula is C19H20F3N3O3S. The van der Waals surface area contributed by atoms with E-state index in [9.17, 15) is 18.0 Å². The molecule has 1 amide bonds. The molecule has 2 aliphatic rings. The van der Waals surface area contributed by atoms with Gasteiger partial charge in [0.05, 0.1) is 0 Å². The van der Waals surface area contributed by atoms with E-state index in [4.69, 9.17) is 9.90 Å². The van der Waals surface area contributed by atoms with Gasteiger partial charge in [0.1, 0.15) is 0 Å². The second-order valence-corrected chi connectivity index (χ2v) is 7.91. The van der Waals surface area contributed by atoms with Crippen molar-refractivity contribution in [3.63, 3.8) is 0 Å². The van der Waals surface area contributed by atoms with Gasteiger partial charge in [-0.25, -0.2) is 9.78 Å². The Morgan fingerprint density at radius 1 is 1.28 bits per heavy atom. The first-order valence-corrected chi connectivity index (χ1v) is 9.96. The van der Waals surface area contributed by atoms with Crippen LogP contribution in [-0.2, 0) is 4.79 Å². The predicted octanol–water partition coefficient (Wildman–Crippen LogP) is 3.88. The Morgan fingerprint density at radius 3 is 2.59 bits per heavy atom. The summed E-state index contributed by atoms with van der Waals surface area (Å²) < 4.78 is 31.7. The minimum Gasteiger partial charge on any atom is -0.475 e. The third-order valence-electron chi connectivity index (χ3n) is 4.63. The molecule has 1 aromatic carbocycles. The highest BCUT2D eigenvalue weighted by Crippen LogP contribution is 2.41. The molecule has 0 spiro atoms. The Balaban J connectivity index is 0.000000298. The summed E-state index contributed by atoms with van der Waals surface area (Å²) in [7, 11) is 0. The molecule has 0 aliphatic heterocycles. The maximum Gasteiger partial charge on any atom is 0.490 e. The molecule has 1 heterocycles. The van der Waals surface area contributed by atoms with Crippen molar-refractivity contribution in [1.29, 1.82) is 0 Å². The molecule has 2 aromatic rings. The summed E-state index contributed by atoms with van der Waals surface area (Å²) in [4.78, 5) is 25.2. The number of thiazole rings is 1. The molecule has 0 saturated heterocycles. The summed E-state index contributed by atoms with van der Waals surface area (Å²) >= 11 is 1.43. The number of aromatic nitrogens is 1. The lowest BCUT2D eigenvalue weighted by atomic mass is 10.1. The number of hydrogen-bond acceptors (Lipinski definition) is 5. The van der Waals surface area contributed by atoms with Crippen LogP contribution in [0.4, 0.5) is 18.3 Å². The summed E-state index contributed by atoms with van der Waals surface area (Å²) in [6.45, 7) is 1.16. The van der Waals surface area contributed by atoms with E-state index < -0.39 is 12.1 Å². The number of carboxylic acid groups (broad SMARTS) is 1. The fraction of sp³-hybridized carbons (Fsp3) is 0.421. The zero-order valence-corrected chi connectivity index (χ0v) is 16.1. The summed E-state index contributed by atoms with van der Waals surface area (Å²) in [6, 6.07) is 8.58. The normalized spacial score (nSPS) is 20.4. The number of carbonyl (C=O) groups is 2. The van der Waals surface area contributed by atoms with Crippen molar-refractivity contribution in [3.05, 3.63) is 47.0 Å². The maximum atomic E-state index is 12.3. The van der Waals surface area contributed by atoms with Gasteiger partial charge in [0.2, 0.25) is 0 Å². The topological polar surface area (TPSA) is 91.3 Å². The number of benzene rings is 1. The van der Waals surface area contributed by atoms with Crippen molar-refractivity contribution in [2.45, 2.75) is 37.4 Å². The lowest BCUT2D eigenvalue weighted by Gasteiger charge is -2.06. The first-order valence-electron chi connectivity index (χ1n) is 9.08. The van der Waals surface area contributed by atoms with Gasteiger partial charge in [0.25, 0.3) is 5.91 Å². The summed E-state index contributed by atoms with van der Waals surface area (Å²) in [5.74, 6) is -1.37. The van der Waals surface area contributed by atoms with E-state index in [0.717, 1.165) is 12.5 Å². The van der Waals surface area contributed by atoms with Gasteiger partial charge in [-0.2, -0.15) is 13.2 Å². The Morgan fingerprint density at radius 2 is 2.00 bits per heavy atom. The second-order valence-electron chi connectivity index (χ2n) is 7.02. The number of hydrogen-bond donors (Lipinski definition) is 3. The van der Waals surface area contributed by atoms with Crippen LogP contribution in [-0.4, -0.2) is 40.7 Å². The van der Waals surface area contributed by atoms with Crippen molar-refractivity contribution in [2.75, 3.05) is 11.9 Å². The van der Waals surface area contributed by atoms with Gasteiger partial charge in [-0.15, -0.1) is 11.3 Å². The van der Waals surface area contributed by atoms with Crippen molar-refractivity contribution >= 4 is 28.3 Å². The van der Waals surface area contributed by atoms with Gasteiger partial charge >= 0.3 is 12.1 Å². The Bertz CT molecular complexity index is 854.